The van der Waals surface area contributed by atoms with Gasteiger partial charge >= 0.3 is 0 Å². The van der Waals surface area contributed by atoms with Crippen molar-refractivity contribution in [2.45, 2.75) is 0 Å². The highest BCUT2D eigenvalue weighted by atomic mass is 16.5. The summed E-state index contributed by atoms with van der Waals surface area (Å²) in [5.74, 6) is 2.05. The van der Waals surface area contributed by atoms with Crippen LogP contribution >= 0.6 is 0 Å². The number of methoxy groups -OCH3 is 1. The van der Waals surface area contributed by atoms with Gasteiger partial charge in [0.2, 0.25) is 5.88 Å². The van der Waals surface area contributed by atoms with Crippen molar-refractivity contribution in [3.05, 3.63) is 36.4 Å². The normalized spacial score (nSPS) is 10.6. The van der Waals surface area contributed by atoms with E-state index in [4.69, 9.17) is 19.7 Å². The first-order valence-electron chi connectivity index (χ1n) is 5.60. The number of nitrogens with two attached hydrogens (primary N) is 1. The summed E-state index contributed by atoms with van der Waals surface area (Å²) < 4.78 is 15.7. The number of hydrogen-bond acceptors (Lipinski definition) is 6. The lowest BCUT2D eigenvalue weighted by Crippen LogP contribution is -1.89. The Hall–Kier alpha value is -2.76. The van der Waals surface area contributed by atoms with E-state index in [1.807, 2.05) is 18.2 Å². The Labute approximate surface area is 108 Å². The first kappa shape index (κ1) is 11.3. The van der Waals surface area contributed by atoms with Crippen LogP contribution in [0.15, 0.2) is 40.9 Å². The monoisotopic (exact) mass is 257 g/mol. The smallest absolute Gasteiger partial charge is 0.263 e. The van der Waals surface area contributed by atoms with Gasteiger partial charge in [0, 0.05) is 12.1 Å². The minimum atomic E-state index is 0.315. The molecule has 6 nitrogen and oxygen atoms in total. The fraction of sp³-hybridized carbons (Fsp3) is 0.0769. The molecule has 2 N–H and O–H groups in total. The Morgan fingerprint density at radius 1 is 1.16 bits per heavy atom. The number of fused-ring (bicyclic) bond motifs is 1. The lowest BCUT2D eigenvalue weighted by atomic mass is 10.3. The molecule has 2 aromatic heterocycles. The van der Waals surface area contributed by atoms with Gasteiger partial charge in [-0.05, 0) is 18.2 Å². The molecule has 0 radical (unpaired) electrons. The van der Waals surface area contributed by atoms with E-state index in [-0.39, 0.29) is 0 Å². The molecule has 3 aromatic rings. The summed E-state index contributed by atoms with van der Waals surface area (Å²) in [6.07, 6.45) is 0. The Bertz CT molecular complexity index is 724. The van der Waals surface area contributed by atoms with E-state index >= 15 is 0 Å². The van der Waals surface area contributed by atoms with Gasteiger partial charge in [0.05, 0.1) is 12.5 Å². The fourth-order valence-corrected chi connectivity index (χ4v) is 1.67. The first-order chi connectivity index (χ1) is 9.26. The highest BCUT2D eigenvalue weighted by Gasteiger charge is 2.08. The number of anilines is 1. The summed E-state index contributed by atoms with van der Waals surface area (Å²) in [5, 5.41) is 4.30. The molecule has 0 aliphatic rings. The second kappa shape index (κ2) is 4.49. The topological polar surface area (TPSA) is 83.4 Å². The number of nitrogen functional groups attached to an aromatic ring is 1. The van der Waals surface area contributed by atoms with E-state index in [2.05, 4.69) is 10.1 Å². The second-order valence-electron chi connectivity index (χ2n) is 3.85. The summed E-state index contributed by atoms with van der Waals surface area (Å²) >= 11 is 0. The second-order valence-corrected chi connectivity index (χ2v) is 3.85. The van der Waals surface area contributed by atoms with Crippen molar-refractivity contribution in [3.8, 4) is 17.4 Å². The molecule has 0 spiro atoms. The Kier molecular flexibility index (Phi) is 2.68. The van der Waals surface area contributed by atoms with E-state index in [9.17, 15) is 0 Å². The van der Waals surface area contributed by atoms with Gasteiger partial charge in [0.25, 0.3) is 5.71 Å². The third-order valence-electron chi connectivity index (χ3n) is 2.60. The van der Waals surface area contributed by atoms with Crippen molar-refractivity contribution in [2.75, 3.05) is 12.8 Å². The summed E-state index contributed by atoms with van der Waals surface area (Å²) in [6, 6.07) is 10.7. The first-order valence-corrected chi connectivity index (χ1v) is 5.60. The molecule has 0 amide bonds. The zero-order chi connectivity index (χ0) is 13.2. The van der Waals surface area contributed by atoms with Crippen LogP contribution in [0.1, 0.15) is 0 Å². The van der Waals surface area contributed by atoms with Gasteiger partial charge in [-0.15, -0.1) is 0 Å². The zero-order valence-electron chi connectivity index (χ0n) is 10.2. The van der Waals surface area contributed by atoms with Crippen LogP contribution in [0.5, 0.6) is 17.4 Å². The number of pyridine rings is 1. The molecule has 0 aliphatic carbocycles. The molecular formula is C13H11N3O3. The van der Waals surface area contributed by atoms with Crippen LogP contribution in [-0.2, 0) is 0 Å². The maximum absolute atomic E-state index is 5.62. The third-order valence-corrected chi connectivity index (χ3v) is 2.60. The van der Waals surface area contributed by atoms with Gasteiger partial charge in [-0.2, -0.15) is 4.98 Å². The Morgan fingerprint density at radius 3 is 2.84 bits per heavy atom. The van der Waals surface area contributed by atoms with Crippen molar-refractivity contribution in [2.24, 2.45) is 0 Å². The lowest BCUT2D eigenvalue weighted by Gasteiger charge is -2.05. The molecule has 6 heteroatoms. The summed E-state index contributed by atoms with van der Waals surface area (Å²) in [7, 11) is 1.60. The molecule has 0 unspecified atom stereocenters. The standard InChI is InChI=1S/C13H11N3O3/c1-17-8-3-2-4-9(7-8)18-11-6-5-10-12(14)16-19-13(10)15-11/h2-7H,1H3,(H2,14,16). The average molecular weight is 257 g/mol. The van der Waals surface area contributed by atoms with E-state index < -0.39 is 0 Å². The van der Waals surface area contributed by atoms with Crippen molar-refractivity contribution in [1.29, 1.82) is 0 Å². The Morgan fingerprint density at radius 2 is 2.00 bits per heavy atom. The van der Waals surface area contributed by atoms with E-state index in [1.165, 1.54) is 0 Å². The van der Waals surface area contributed by atoms with Crippen LogP contribution in [0.3, 0.4) is 0 Å². The summed E-state index contributed by atoms with van der Waals surface area (Å²) in [6.45, 7) is 0. The van der Waals surface area contributed by atoms with E-state index in [1.54, 1.807) is 25.3 Å². The third kappa shape index (κ3) is 2.15. The van der Waals surface area contributed by atoms with Crippen LogP contribution < -0.4 is 15.2 Å². The molecule has 0 atom stereocenters. The van der Waals surface area contributed by atoms with Crippen molar-refractivity contribution < 1.29 is 14.0 Å². The van der Waals surface area contributed by atoms with E-state index in [0.29, 0.717) is 34.3 Å². The van der Waals surface area contributed by atoms with Crippen LogP contribution in [0.25, 0.3) is 11.1 Å². The number of hydrogen-bond donors (Lipinski definition) is 1. The highest BCUT2D eigenvalue weighted by molar-refractivity contribution is 5.84. The van der Waals surface area contributed by atoms with E-state index in [0.717, 1.165) is 0 Å². The van der Waals surface area contributed by atoms with Gasteiger partial charge in [0.15, 0.2) is 5.82 Å². The summed E-state index contributed by atoms with van der Waals surface area (Å²) in [5.41, 5.74) is 5.96. The number of nitrogens with zero attached hydrogens (tertiary/aromatic N) is 2. The predicted molar refractivity (Wildman–Crippen MR) is 69.3 cm³/mol. The van der Waals surface area contributed by atoms with Crippen molar-refractivity contribution in [1.82, 2.24) is 10.1 Å². The largest absolute Gasteiger partial charge is 0.497 e. The maximum atomic E-state index is 5.62. The minimum absolute atomic E-state index is 0.315. The molecule has 0 bridgehead atoms. The zero-order valence-corrected chi connectivity index (χ0v) is 10.2. The molecule has 19 heavy (non-hydrogen) atoms. The molecular weight excluding hydrogens is 246 g/mol. The molecule has 0 fully saturated rings. The minimum Gasteiger partial charge on any atom is -0.497 e. The van der Waals surface area contributed by atoms with Crippen LogP contribution in [0.4, 0.5) is 5.82 Å². The molecule has 3 rings (SSSR count). The predicted octanol–water partition coefficient (Wildman–Crippen LogP) is 2.61. The molecule has 0 saturated heterocycles. The van der Waals surface area contributed by atoms with Crippen molar-refractivity contribution in [3.63, 3.8) is 0 Å². The maximum Gasteiger partial charge on any atom is 0.263 e. The van der Waals surface area contributed by atoms with Crippen molar-refractivity contribution >= 4 is 16.9 Å². The highest BCUT2D eigenvalue weighted by Crippen LogP contribution is 2.26. The molecule has 96 valence electrons. The number of aromatic nitrogens is 2. The number of rotatable bonds is 3. The molecule has 0 aliphatic heterocycles. The van der Waals surface area contributed by atoms with Gasteiger partial charge < -0.3 is 19.7 Å². The van der Waals surface area contributed by atoms with Crippen LogP contribution in [0, 0.1) is 0 Å². The van der Waals surface area contributed by atoms with Gasteiger partial charge in [-0.1, -0.05) is 11.2 Å². The fourth-order valence-electron chi connectivity index (χ4n) is 1.67. The van der Waals surface area contributed by atoms with Gasteiger partial charge in [-0.25, -0.2) is 0 Å². The Balaban J connectivity index is 1.91. The quantitative estimate of drug-likeness (QED) is 0.776. The average Bonchev–Trinajstić information content (AvgIpc) is 2.80. The number of ether oxygens (including phenoxy) is 2. The SMILES string of the molecule is COc1cccc(Oc2ccc3c(N)noc3n2)c1. The lowest BCUT2D eigenvalue weighted by molar-refractivity contribution is 0.406. The summed E-state index contributed by atoms with van der Waals surface area (Å²) in [4.78, 5) is 4.17. The van der Waals surface area contributed by atoms with Gasteiger partial charge in [-0.3, -0.25) is 0 Å². The number of benzene rings is 1. The van der Waals surface area contributed by atoms with Crippen LogP contribution in [0.2, 0.25) is 0 Å². The molecule has 0 saturated carbocycles. The molecule has 2 heterocycles. The molecule has 1 aromatic carbocycles. The van der Waals surface area contributed by atoms with Crippen LogP contribution in [-0.4, -0.2) is 17.3 Å². The van der Waals surface area contributed by atoms with Gasteiger partial charge in [0.1, 0.15) is 11.5 Å².